The molecule has 0 aliphatic rings. The van der Waals surface area contributed by atoms with Crippen LogP contribution >= 0.6 is 23.2 Å². The van der Waals surface area contributed by atoms with Crippen LogP contribution < -0.4 is 9.47 Å². The van der Waals surface area contributed by atoms with E-state index in [1.54, 1.807) is 25.6 Å². The first-order chi connectivity index (χ1) is 9.24. The molecule has 0 amide bonds. The van der Waals surface area contributed by atoms with E-state index in [0.717, 1.165) is 11.1 Å². The molecule has 19 heavy (non-hydrogen) atoms. The monoisotopic (exact) mass is 297 g/mol. The second-order valence-corrected chi connectivity index (χ2v) is 4.56. The molecule has 5 heteroatoms. The second-order valence-electron chi connectivity index (χ2n) is 3.89. The molecule has 2 rings (SSSR count). The van der Waals surface area contributed by atoms with Gasteiger partial charge in [0.2, 0.25) is 0 Å². The molecule has 2 aromatic rings. The lowest BCUT2D eigenvalue weighted by Crippen LogP contribution is -1.99. The Hall–Kier alpha value is -1.45. The van der Waals surface area contributed by atoms with Crippen molar-refractivity contribution in [2.75, 3.05) is 7.11 Å². The van der Waals surface area contributed by atoms with E-state index in [-0.39, 0.29) is 0 Å². The van der Waals surface area contributed by atoms with Crippen molar-refractivity contribution in [1.29, 1.82) is 0 Å². The predicted octanol–water partition coefficient (Wildman–Crippen LogP) is 4.06. The molecule has 0 spiro atoms. The fraction of sp³-hybridized carbons (Fsp3) is 0.214. The molecule has 0 saturated heterocycles. The van der Waals surface area contributed by atoms with Gasteiger partial charge in [-0.25, -0.2) is 0 Å². The van der Waals surface area contributed by atoms with Crippen LogP contribution in [0.1, 0.15) is 11.1 Å². The number of ether oxygens (including phenoxy) is 2. The molecule has 0 atom stereocenters. The van der Waals surface area contributed by atoms with Crippen molar-refractivity contribution in [2.24, 2.45) is 0 Å². The van der Waals surface area contributed by atoms with E-state index in [4.69, 9.17) is 32.7 Å². The number of alkyl halides is 1. The van der Waals surface area contributed by atoms with Crippen LogP contribution in [0, 0.1) is 0 Å². The fourth-order valence-electron chi connectivity index (χ4n) is 1.62. The summed E-state index contributed by atoms with van der Waals surface area (Å²) in [5.41, 5.74) is 1.90. The number of aromatic nitrogens is 1. The Labute approximate surface area is 122 Å². The minimum absolute atomic E-state index is 0.376. The van der Waals surface area contributed by atoms with Crippen LogP contribution in [0.2, 0.25) is 5.02 Å². The first kappa shape index (κ1) is 14.0. The molecule has 100 valence electrons. The second kappa shape index (κ2) is 6.64. The average molecular weight is 298 g/mol. The minimum atomic E-state index is 0.376. The Balaban J connectivity index is 2.20. The van der Waals surface area contributed by atoms with E-state index >= 15 is 0 Å². The van der Waals surface area contributed by atoms with Gasteiger partial charge in [0.1, 0.15) is 6.61 Å². The normalized spacial score (nSPS) is 10.3. The largest absolute Gasteiger partial charge is 0.493 e. The molecule has 1 aromatic carbocycles. The van der Waals surface area contributed by atoms with Gasteiger partial charge in [0.25, 0.3) is 0 Å². The summed E-state index contributed by atoms with van der Waals surface area (Å²) >= 11 is 12.0. The lowest BCUT2D eigenvalue weighted by Gasteiger charge is -2.13. The number of benzene rings is 1. The van der Waals surface area contributed by atoms with Crippen LogP contribution in [0.15, 0.2) is 36.7 Å². The highest BCUT2D eigenvalue weighted by Gasteiger charge is 2.12. The van der Waals surface area contributed by atoms with Crippen molar-refractivity contribution in [2.45, 2.75) is 12.5 Å². The Morgan fingerprint density at radius 3 is 2.53 bits per heavy atom. The maximum absolute atomic E-state index is 6.18. The molecular weight excluding hydrogens is 285 g/mol. The maximum Gasteiger partial charge on any atom is 0.180 e. The van der Waals surface area contributed by atoms with Gasteiger partial charge in [0.15, 0.2) is 11.5 Å². The topological polar surface area (TPSA) is 31.4 Å². The van der Waals surface area contributed by atoms with Gasteiger partial charge in [-0.05, 0) is 35.4 Å². The van der Waals surface area contributed by atoms with Gasteiger partial charge < -0.3 is 9.47 Å². The summed E-state index contributed by atoms with van der Waals surface area (Å²) in [7, 11) is 1.57. The molecule has 0 unspecified atom stereocenters. The third kappa shape index (κ3) is 3.52. The molecule has 0 saturated carbocycles. The van der Waals surface area contributed by atoms with Crippen molar-refractivity contribution in [1.82, 2.24) is 4.98 Å². The lowest BCUT2D eigenvalue weighted by molar-refractivity contribution is 0.284. The predicted molar refractivity (Wildman–Crippen MR) is 76.1 cm³/mol. The summed E-state index contributed by atoms with van der Waals surface area (Å²) in [5.74, 6) is 1.48. The van der Waals surface area contributed by atoms with Gasteiger partial charge in [-0.2, -0.15) is 0 Å². The molecule has 0 bridgehead atoms. The Morgan fingerprint density at radius 2 is 1.89 bits per heavy atom. The molecule has 1 aromatic heterocycles. The summed E-state index contributed by atoms with van der Waals surface area (Å²) in [6.45, 7) is 0.402. The number of rotatable bonds is 5. The van der Waals surface area contributed by atoms with Crippen LogP contribution in [-0.2, 0) is 12.5 Å². The molecule has 0 fully saturated rings. The zero-order valence-electron chi connectivity index (χ0n) is 10.4. The van der Waals surface area contributed by atoms with Gasteiger partial charge in [0.05, 0.1) is 12.1 Å². The molecule has 1 heterocycles. The van der Waals surface area contributed by atoms with E-state index in [9.17, 15) is 0 Å². The number of pyridine rings is 1. The summed E-state index contributed by atoms with van der Waals surface area (Å²) in [5, 5.41) is 0.490. The third-order valence-electron chi connectivity index (χ3n) is 2.58. The number of nitrogens with zero attached hydrogens (tertiary/aromatic N) is 1. The summed E-state index contributed by atoms with van der Waals surface area (Å²) < 4.78 is 11.0. The van der Waals surface area contributed by atoms with Crippen LogP contribution in [0.25, 0.3) is 0 Å². The zero-order valence-corrected chi connectivity index (χ0v) is 11.9. The van der Waals surface area contributed by atoms with Gasteiger partial charge in [-0.3, -0.25) is 4.98 Å². The zero-order chi connectivity index (χ0) is 13.7. The number of hydrogen-bond donors (Lipinski definition) is 0. The lowest BCUT2D eigenvalue weighted by atomic mass is 10.2. The summed E-state index contributed by atoms with van der Waals surface area (Å²) in [6.07, 6.45) is 3.43. The van der Waals surface area contributed by atoms with Gasteiger partial charge >= 0.3 is 0 Å². The van der Waals surface area contributed by atoms with Gasteiger partial charge in [-0.15, -0.1) is 11.6 Å². The molecule has 0 N–H and O–H groups in total. The number of methoxy groups -OCH3 is 1. The molecule has 0 aliphatic carbocycles. The SMILES string of the molecule is COc1cc(CCl)cc(Cl)c1OCc1ccncc1. The van der Waals surface area contributed by atoms with Crippen molar-refractivity contribution < 1.29 is 9.47 Å². The van der Waals surface area contributed by atoms with E-state index < -0.39 is 0 Å². The van der Waals surface area contributed by atoms with Crippen LogP contribution in [-0.4, -0.2) is 12.1 Å². The third-order valence-corrected chi connectivity index (χ3v) is 3.17. The van der Waals surface area contributed by atoms with Crippen molar-refractivity contribution in [3.63, 3.8) is 0 Å². The van der Waals surface area contributed by atoms with Crippen molar-refractivity contribution in [3.8, 4) is 11.5 Å². The van der Waals surface area contributed by atoms with Crippen molar-refractivity contribution >= 4 is 23.2 Å². The fourth-order valence-corrected chi connectivity index (χ4v) is 2.07. The van der Waals surface area contributed by atoms with E-state index in [0.29, 0.717) is 29.0 Å². The Bertz CT molecular complexity index is 547. The highest BCUT2D eigenvalue weighted by atomic mass is 35.5. The van der Waals surface area contributed by atoms with Gasteiger partial charge in [0, 0.05) is 18.3 Å². The van der Waals surface area contributed by atoms with Crippen LogP contribution in [0.3, 0.4) is 0 Å². The summed E-state index contributed by atoms with van der Waals surface area (Å²) in [4.78, 5) is 3.95. The first-order valence-corrected chi connectivity index (χ1v) is 6.60. The van der Waals surface area contributed by atoms with Crippen LogP contribution in [0.4, 0.5) is 0 Å². The Kier molecular flexibility index (Phi) is 4.88. The van der Waals surface area contributed by atoms with Crippen molar-refractivity contribution in [3.05, 3.63) is 52.8 Å². The highest BCUT2D eigenvalue weighted by Crippen LogP contribution is 2.37. The van der Waals surface area contributed by atoms with Crippen LogP contribution in [0.5, 0.6) is 11.5 Å². The smallest absolute Gasteiger partial charge is 0.180 e. The van der Waals surface area contributed by atoms with E-state index in [1.165, 1.54) is 0 Å². The average Bonchev–Trinajstić information content (AvgIpc) is 2.46. The van der Waals surface area contributed by atoms with Gasteiger partial charge in [-0.1, -0.05) is 11.6 Å². The quantitative estimate of drug-likeness (QED) is 0.780. The Morgan fingerprint density at radius 1 is 1.16 bits per heavy atom. The first-order valence-electron chi connectivity index (χ1n) is 5.68. The molecule has 0 radical (unpaired) electrons. The minimum Gasteiger partial charge on any atom is -0.493 e. The maximum atomic E-state index is 6.18. The number of halogens is 2. The summed E-state index contributed by atoms with van der Waals surface area (Å²) in [6, 6.07) is 7.36. The van der Waals surface area contributed by atoms with E-state index in [1.807, 2.05) is 18.2 Å². The molecule has 0 aliphatic heterocycles. The molecular formula is C14H13Cl2NO2. The standard InChI is InChI=1S/C14H13Cl2NO2/c1-18-13-7-11(8-15)6-12(16)14(13)19-9-10-2-4-17-5-3-10/h2-7H,8-9H2,1H3. The number of hydrogen-bond acceptors (Lipinski definition) is 3. The van der Waals surface area contributed by atoms with E-state index in [2.05, 4.69) is 4.98 Å². The highest BCUT2D eigenvalue weighted by molar-refractivity contribution is 6.32. The molecule has 3 nitrogen and oxygen atoms in total.